The molecule has 0 amide bonds. The number of para-hydroxylation sites is 1. The van der Waals surface area contributed by atoms with Crippen LogP contribution >= 0.6 is 0 Å². The van der Waals surface area contributed by atoms with Crippen LogP contribution in [0.2, 0.25) is 0 Å². The van der Waals surface area contributed by atoms with Gasteiger partial charge in [0.05, 0.1) is 12.1 Å². The second kappa shape index (κ2) is 6.55. The summed E-state index contributed by atoms with van der Waals surface area (Å²) in [4.78, 5) is 3.59. The number of furan rings is 1. The molecule has 134 valence electrons. The van der Waals surface area contributed by atoms with Gasteiger partial charge in [-0.3, -0.25) is 0 Å². The summed E-state index contributed by atoms with van der Waals surface area (Å²) in [5.74, 6) is -0.234. The van der Waals surface area contributed by atoms with Gasteiger partial charge in [-0.1, -0.05) is 44.2 Å². The number of hydrogen-bond donors (Lipinski definition) is 0. The fraction of sp³-hybridized carbons (Fsp3) is 0.250. The van der Waals surface area contributed by atoms with Gasteiger partial charge in [-0.2, -0.15) is 0 Å². The smallest absolute Gasteiger partial charge is 0.229 e. The van der Waals surface area contributed by atoms with Gasteiger partial charge in [0.1, 0.15) is 19.6 Å². The minimum atomic E-state index is -1.56. The van der Waals surface area contributed by atoms with E-state index in [0.717, 1.165) is 21.9 Å². The fourth-order valence-electron chi connectivity index (χ4n) is 3.53. The van der Waals surface area contributed by atoms with Crippen LogP contribution in [0, 0.1) is 19.4 Å². The van der Waals surface area contributed by atoms with E-state index < -0.39 is 6.37 Å². The number of pyridine rings is 1. The molecular weight excluding hydrogens is 332 g/mol. The summed E-state index contributed by atoms with van der Waals surface area (Å²) in [6.45, 7) is 13.1. The predicted octanol–water partition coefficient (Wildman–Crippen LogP) is 6.14. The second-order valence-corrected chi connectivity index (χ2v) is 7.12. The van der Waals surface area contributed by atoms with Gasteiger partial charge in [-0.15, -0.1) is 0 Å². The van der Waals surface area contributed by atoms with Crippen LogP contribution in [0.5, 0.6) is 0 Å². The van der Waals surface area contributed by atoms with Gasteiger partial charge in [-0.05, 0) is 30.3 Å². The maximum Gasteiger partial charge on any atom is 0.229 e. The third-order valence-electron chi connectivity index (χ3n) is 4.75. The Bertz CT molecular complexity index is 1350. The van der Waals surface area contributed by atoms with Gasteiger partial charge in [0.15, 0.2) is 6.17 Å². The van der Waals surface area contributed by atoms with Gasteiger partial charge in [0.25, 0.3) is 0 Å². The van der Waals surface area contributed by atoms with Crippen molar-refractivity contribution in [2.24, 2.45) is 13.0 Å². The third-order valence-corrected chi connectivity index (χ3v) is 4.75. The summed E-state index contributed by atoms with van der Waals surface area (Å²) in [7, 11) is 1.80. The molecule has 4 aromatic rings. The summed E-state index contributed by atoms with van der Waals surface area (Å²) in [5, 5.41) is 1.78. The molecule has 0 saturated carbocycles. The number of aromatic nitrogens is 1. The van der Waals surface area contributed by atoms with E-state index in [4.69, 9.17) is 15.1 Å². The first kappa shape index (κ1) is 14.0. The summed E-state index contributed by atoms with van der Waals surface area (Å²) in [6, 6.07) is 12.9. The average Bonchev–Trinajstić information content (AvgIpc) is 3.08. The minimum absolute atomic E-state index is 0.224. The van der Waals surface area contributed by atoms with Gasteiger partial charge in [0, 0.05) is 25.6 Å². The zero-order chi connectivity index (χ0) is 21.8. The van der Waals surface area contributed by atoms with Crippen LogP contribution in [0.1, 0.15) is 29.1 Å². The van der Waals surface area contributed by atoms with E-state index in [0.29, 0.717) is 28.1 Å². The lowest BCUT2D eigenvalue weighted by Gasteiger charge is -2.09. The van der Waals surface area contributed by atoms with Crippen molar-refractivity contribution in [3.05, 3.63) is 71.2 Å². The summed E-state index contributed by atoms with van der Waals surface area (Å²) < 4.78 is 33.5. The highest BCUT2D eigenvalue weighted by Gasteiger charge is 2.22. The van der Waals surface area contributed by atoms with Gasteiger partial charge in [0.2, 0.25) is 11.4 Å². The number of benzene rings is 2. The highest BCUT2D eigenvalue weighted by molar-refractivity contribution is 6.12. The topological polar surface area (TPSA) is 21.4 Å². The molecule has 0 bridgehead atoms. The van der Waals surface area contributed by atoms with E-state index in [1.165, 1.54) is 0 Å². The van der Waals surface area contributed by atoms with Crippen LogP contribution in [0.4, 0.5) is 5.69 Å². The van der Waals surface area contributed by atoms with Crippen molar-refractivity contribution in [3.63, 3.8) is 0 Å². The van der Waals surface area contributed by atoms with Gasteiger partial charge >= 0.3 is 0 Å². The molecule has 2 heterocycles. The van der Waals surface area contributed by atoms with Gasteiger partial charge in [-0.25, -0.2) is 9.41 Å². The Morgan fingerprint density at radius 2 is 1.96 bits per heavy atom. The van der Waals surface area contributed by atoms with E-state index in [1.807, 2.05) is 51.1 Å². The largest absolute Gasteiger partial charge is 0.466 e. The minimum Gasteiger partial charge on any atom is -0.466 e. The van der Waals surface area contributed by atoms with Crippen LogP contribution in [0.15, 0.2) is 53.1 Å². The molecule has 0 unspecified atom stereocenters. The van der Waals surface area contributed by atoms with E-state index in [-0.39, 0.29) is 12.1 Å². The standard InChI is InChI=1S/C24H23N2O/c1-15(2)13-17-11-12-26(5)21(14-17)22-16(3)9-10-19-18-7-6-8-20(25-4)23(18)27-24(19)22/h6-12,14-15H,13H2,1-3,5H3/q+1/i12D,13D2. The number of rotatable bonds is 3. The Balaban J connectivity index is 2.11. The molecule has 4 rings (SSSR count). The summed E-state index contributed by atoms with van der Waals surface area (Å²) >= 11 is 0. The van der Waals surface area contributed by atoms with Gasteiger partial charge < -0.3 is 4.42 Å². The molecule has 0 N–H and O–H groups in total. The zero-order valence-corrected chi connectivity index (χ0v) is 15.9. The molecule has 2 aromatic carbocycles. The lowest BCUT2D eigenvalue weighted by molar-refractivity contribution is -0.660. The van der Waals surface area contributed by atoms with Crippen LogP contribution in [0.3, 0.4) is 0 Å². The van der Waals surface area contributed by atoms with E-state index in [1.54, 1.807) is 23.7 Å². The maximum atomic E-state index is 8.52. The van der Waals surface area contributed by atoms with Crippen molar-refractivity contribution in [1.82, 2.24) is 0 Å². The van der Waals surface area contributed by atoms with E-state index in [2.05, 4.69) is 4.85 Å². The summed E-state index contributed by atoms with van der Waals surface area (Å²) in [6.07, 6.45) is -1.34. The Labute approximate surface area is 163 Å². The molecule has 3 nitrogen and oxygen atoms in total. The lowest BCUT2D eigenvalue weighted by atomic mass is 9.97. The Kier molecular flexibility index (Phi) is 3.40. The maximum absolute atomic E-state index is 8.52. The molecule has 0 aliphatic carbocycles. The fourth-order valence-corrected chi connectivity index (χ4v) is 3.53. The Morgan fingerprint density at radius 3 is 2.70 bits per heavy atom. The van der Waals surface area contributed by atoms with E-state index in [9.17, 15) is 0 Å². The highest BCUT2D eigenvalue weighted by Crippen LogP contribution is 2.40. The van der Waals surface area contributed by atoms with Crippen LogP contribution in [-0.4, -0.2) is 0 Å². The van der Waals surface area contributed by atoms with Crippen molar-refractivity contribution in [2.45, 2.75) is 27.1 Å². The quantitative estimate of drug-likeness (QED) is 0.318. The van der Waals surface area contributed by atoms with Crippen molar-refractivity contribution in [1.29, 1.82) is 0 Å². The zero-order valence-electron chi connectivity index (χ0n) is 18.9. The van der Waals surface area contributed by atoms with E-state index >= 15 is 0 Å². The molecule has 0 aliphatic rings. The predicted molar refractivity (Wildman–Crippen MR) is 110 cm³/mol. The molecule has 0 aliphatic heterocycles. The first-order valence-corrected chi connectivity index (χ1v) is 9.00. The number of nitrogens with zero attached hydrogens (tertiary/aromatic N) is 2. The van der Waals surface area contributed by atoms with Crippen LogP contribution in [0.25, 0.3) is 38.0 Å². The van der Waals surface area contributed by atoms with Crippen LogP contribution < -0.4 is 4.57 Å². The summed E-state index contributed by atoms with van der Waals surface area (Å²) in [5.41, 5.74) is 4.64. The molecule has 0 fully saturated rings. The molecule has 0 saturated heterocycles. The first-order valence-electron chi connectivity index (χ1n) is 10.5. The normalized spacial score (nSPS) is 13.6. The van der Waals surface area contributed by atoms with Crippen LogP contribution in [-0.2, 0) is 13.4 Å². The van der Waals surface area contributed by atoms with Crippen molar-refractivity contribution in [2.75, 3.05) is 0 Å². The molecule has 27 heavy (non-hydrogen) atoms. The molecule has 0 atom stereocenters. The SMILES string of the molecule is [2H]c1cc(C([2H])([2H])C(C)C)cc(-c2c(C)ccc3c2oc2c([N+]#[C-])cccc23)[n+]1C. The average molecular weight is 358 g/mol. The van der Waals surface area contributed by atoms with Crippen molar-refractivity contribution >= 4 is 27.6 Å². The van der Waals surface area contributed by atoms with Crippen molar-refractivity contribution in [3.8, 4) is 11.3 Å². The molecule has 2 aromatic heterocycles. The molecule has 3 heteroatoms. The molecule has 0 spiro atoms. The molecular formula is C24H23N2O+. The number of hydrogen-bond acceptors (Lipinski definition) is 1. The number of aryl methyl sites for hydroxylation is 1. The molecule has 0 radical (unpaired) electrons. The Morgan fingerprint density at radius 1 is 1.19 bits per heavy atom. The van der Waals surface area contributed by atoms with Crippen molar-refractivity contribution < 1.29 is 13.1 Å². The monoisotopic (exact) mass is 358 g/mol. The highest BCUT2D eigenvalue weighted by atomic mass is 16.3. The number of fused-ring (bicyclic) bond motifs is 3. The Hall–Kier alpha value is -3.12. The second-order valence-electron chi connectivity index (χ2n) is 7.12. The third kappa shape index (κ3) is 2.88. The first-order chi connectivity index (χ1) is 14.2. The lowest BCUT2D eigenvalue weighted by Crippen LogP contribution is -2.31.